The van der Waals surface area contributed by atoms with Crippen LogP contribution in [0.3, 0.4) is 0 Å². The van der Waals surface area contributed by atoms with Gasteiger partial charge in [0.15, 0.2) is 0 Å². The van der Waals surface area contributed by atoms with Gasteiger partial charge < -0.3 is 15.0 Å². The molecule has 0 aromatic heterocycles. The first-order valence-corrected chi connectivity index (χ1v) is 7.12. The summed E-state index contributed by atoms with van der Waals surface area (Å²) in [6, 6.07) is -0.381. The molecule has 0 spiro atoms. The summed E-state index contributed by atoms with van der Waals surface area (Å²) in [5.41, 5.74) is -0.351. The van der Waals surface area contributed by atoms with Crippen LogP contribution in [0.1, 0.15) is 33.1 Å². The van der Waals surface area contributed by atoms with Gasteiger partial charge in [0.05, 0.1) is 12.5 Å². The molecule has 0 saturated carbocycles. The minimum Gasteiger partial charge on any atom is -0.467 e. The van der Waals surface area contributed by atoms with Gasteiger partial charge in [-0.3, -0.25) is 4.79 Å². The predicted molar refractivity (Wildman–Crippen MR) is 71.5 cm³/mol. The van der Waals surface area contributed by atoms with Crippen molar-refractivity contribution in [3.8, 4) is 0 Å². The summed E-state index contributed by atoms with van der Waals surface area (Å²) in [5.74, 6) is 0.116. The number of carbonyl (C=O) groups is 2. The third kappa shape index (κ3) is 2.36. The summed E-state index contributed by atoms with van der Waals surface area (Å²) in [5, 5.41) is 3.29. The standard InChI is InChI=1S/C14H24N2O3/c1-10(2)14(6-7-15-9-14)13(18)16-8-4-5-11(16)12(17)19-3/h10-11,15H,4-9H2,1-3H3. The number of methoxy groups -OCH3 is 1. The van der Waals surface area contributed by atoms with Crippen molar-refractivity contribution in [3.63, 3.8) is 0 Å². The summed E-state index contributed by atoms with van der Waals surface area (Å²) >= 11 is 0. The van der Waals surface area contributed by atoms with Crippen LogP contribution in [0, 0.1) is 11.3 Å². The Morgan fingerprint density at radius 1 is 1.42 bits per heavy atom. The summed E-state index contributed by atoms with van der Waals surface area (Å²) in [6.45, 7) is 6.45. The van der Waals surface area contributed by atoms with Gasteiger partial charge in [0.2, 0.25) is 5.91 Å². The molecule has 2 heterocycles. The maximum absolute atomic E-state index is 12.9. The van der Waals surface area contributed by atoms with Crippen LogP contribution in [0.25, 0.3) is 0 Å². The minimum absolute atomic E-state index is 0.125. The van der Waals surface area contributed by atoms with Crippen molar-refractivity contribution in [2.75, 3.05) is 26.7 Å². The number of amides is 1. The van der Waals surface area contributed by atoms with Gasteiger partial charge in [-0.25, -0.2) is 4.79 Å². The molecule has 0 aromatic rings. The van der Waals surface area contributed by atoms with Crippen LogP contribution in [-0.4, -0.2) is 49.6 Å². The minimum atomic E-state index is -0.381. The van der Waals surface area contributed by atoms with Gasteiger partial charge in [-0.15, -0.1) is 0 Å². The molecule has 2 saturated heterocycles. The third-order valence-electron chi connectivity index (χ3n) is 4.71. The predicted octanol–water partition coefficient (Wildman–Crippen LogP) is 0.786. The third-order valence-corrected chi connectivity index (χ3v) is 4.71. The van der Waals surface area contributed by atoms with Crippen LogP contribution in [0.4, 0.5) is 0 Å². The van der Waals surface area contributed by atoms with Gasteiger partial charge >= 0.3 is 5.97 Å². The van der Waals surface area contributed by atoms with Crippen molar-refractivity contribution < 1.29 is 14.3 Å². The summed E-state index contributed by atoms with van der Waals surface area (Å²) in [4.78, 5) is 26.5. The Morgan fingerprint density at radius 2 is 2.16 bits per heavy atom. The molecule has 2 aliphatic rings. The van der Waals surface area contributed by atoms with Gasteiger partial charge in [0.25, 0.3) is 0 Å². The Morgan fingerprint density at radius 3 is 2.68 bits per heavy atom. The van der Waals surface area contributed by atoms with Crippen molar-refractivity contribution in [1.29, 1.82) is 0 Å². The lowest BCUT2D eigenvalue weighted by molar-refractivity contribution is -0.156. The lowest BCUT2D eigenvalue weighted by Gasteiger charge is -2.36. The monoisotopic (exact) mass is 268 g/mol. The lowest BCUT2D eigenvalue weighted by Crippen LogP contribution is -2.51. The van der Waals surface area contributed by atoms with E-state index in [-0.39, 0.29) is 29.3 Å². The molecule has 1 N–H and O–H groups in total. The zero-order valence-electron chi connectivity index (χ0n) is 12.1. The zero-order valence-corrected chi connectivity index (χ0v) is 12.1. The van der Waals surface area contributed by atoms with Crippen LogP contribution in [0.5, 0.6) is 0 Å². The average molecular weight is 268 g/mol. The highest BCUT2D eigenvalue weighted by atomic mass is 16.5. The lowest BCUT2D eigenvalue weighted by atomic mass is 9.75. The molecule has 0 aromatic carbocycles. The number of esters is 1. The molecular weight excluding hydrogens is 244 g/mol. The van der Waals surface area contributed by atoms with Crippen molar-refractivity contribution in [2.24, 2.45) is 11.3 Å². The van der Waals surface area contributed by atoms with E-state index in [0.717, 1.165) is 25.8 Å². The Balaban J connectivity index is 2.20. The SMILES string of the molecule is COC(=O)C1CCCN1C(=O)C1(C(C)C)CCNC1. The number of carbonyl (C=O) groups excluding carboxylic acids is 2. The molecule has 2 unspecified atom stereocenters. The van der Waals surface area contributed by atoms with Crippen LogP contribution in [-0.2, 0) is 14.3 Å². The Hall–Kier alpha value is -1.10. The second kappa shape index (κ2) is 5.49. The molecule has 2 aliphatic heterocycles. The maximum atomic E-state index is 12.9. The van der Waals surface area contributed by atoms with Gasteiger partial charge in [0.1, 0.15) is 6.04 Å². The molecule has 5 nitrogen and oxygen atoms in total. The smallest absolute Gasteiger partial charge is 0.328 e. The number of hydrogen-bond acceptors (Lipinski definition) is 4. The number of nitrogens with zero attached hydrogens (tertiary/aromatic N) is 1. The molecule has 2 fully saturated rings. The molecule has 19 heavy (non-hydrogen) atoms. The quantitative estimate of drug-likeness (QED) is 0.769. The van der Waals surface area contributed by atoms with E-state index < -0.39 is 0 Å². The average Bonchev–Trinajstić information content (AvgIpc) is 3.06. The highest BCUT2D eigenvalue weighted by Crippen LogP contribution is 2.38. The molecule has 5 heteroatoms. The summed E-state index contributed by atoms with van der Waals surface area (Å²) in [6.07, 6.45) is 2.46. The van der Waals surface area contributed by atoms with E-state index in [1.54, 1.807) is 4.90 Å². The van der Waals surface area contributed by atoms with E-state index in [0.29, 0.717) is 13.1 Å². The van der Waals surface area contributed by atoms with Crippen molar-refractivity contribution in [3.05, 3.63) is 0 Å². The first-order valence-electron chi connectivity index (χ1n) is 7.12. The first-order chi connectivity index (χ1) is 9.03. The Kier molecular flexibility index (Phi) is 4.13. The van der Waals surface area contributed by atoms with E-state index in [4.69, 9.17) is 4.74 Å². The fourth-order valence-electron chi connectivity index (χ4n) is 3.31. The van der Waals surface area contributed by atoms with Crippen LogP contribution in [0.15, 0.2) is 0 Å². The molecule has 2 rings (SSSR count). The molecule has 1 amide bonds. The number of nitrogens with one attached hydrogen (secondary N) is 1. The van der Waals surface area contributed by atoms with Crippen molar-refractivity contribution in [2.45, 2.75) is 39.2 Å². The Bertz CT molecular complexity index is 362. The van der Waals surface area contributed by atoms with E-state index in [1.807, 2.05) is 0 Å². The number of ether oxygens (including phenoxy) is 1. The fourth-order valence-corrected chi connectivity index (χ4v) is 3.31. The topological polar surface area (TPSA) is 58.6 Å². The van der Waals surface area contributed by atoms with Crippen molar-refractivity contribution in [1.82, 2.24) is 10.2 Å². The van der Waals surface area contributed by atoms with E-state index in [2.05, 4.69) is 19.2 Å². The number of rotatable bonds is 3. The maximum Gasteiger partial charge on any atom is 0.328 e. The number of hydrogen-bond donors (Lipinski definition) is 1. The highest BCUT2D eigenvalue weighted by Gasteiger charge is 2.49. The van der Waals surface area contributed by atoms with Gasteiger partial charge in [-0.1, -0.05) is 13.8 Å². The summed E-state index contributed by atoms with van der Waals surface area (Å²) < 4.78 is 4.82. The van der Waals surface area contributed by atoms with Crippen LogP contribution in [0.2, 0.25) is 0 Å². The van der Waals surface area contributed by atoms with E-state index in [9.17, 15) is 9.59 Å². The molecule has 0 radical (unpaired) electrons. The van der Waals surface area contributed by atoms with E-state index >= 15 is 0 Å². The van der Waals surface area contributed by atoms with Crippen molar-refractivity contribution >= 4 is 11.9 Å². The molecule has 0 bridgehead atoms. The Labute approximate surface area is 114 Å². The second-order valence-electron chi connectivity index (χ2n) is 5.92. The normalized spacial score (nSPS) is 30.9. The van der Waals surface area contributed by atoms with Gasteiger partial charge in [0, 0.05) is 13.1 Å². The van der Waals surface area contributed by atoms with E-state index in [1.165, 1.54) is 7.11 Å². The van der Waals surface area contributed by atoms with Crippen LogP contribution >= 0.6 is 0 Å². The zero-order chi connectivity index (χ0) is 14.0. The largest absolute Gasteiger partial charge is 0.467 e. The molecule has 0 aliphatic carbocycles. The van der Waals surface area contributed by atoms with Gasteiger partial charge in [-0.05, 0) is 31.7 Å². The second-order valence-corrected chi connectivity index (χ2v) is 5.92. The summed E-state index contributed by atoms with van der Waals surface area (Å²) in [7, 11) is 1.39. The first kappa shape index (κ1) is 14.3. The number of likely N-dealkylation sites (tertiary alicyclic amines) is 1. The molecule has 2 atom stereocenters. The molecular formula is C14H24N2O3. The molecule has 108 valence electrons. The highest BCUT2D eigenvalue weighted by molar-refractivity contribution is 5.89. The fraction of sp³-hybridized carbons (Fsp3) is 0.857. The van der Waals surface area contributed by atoms with Gasteiger partial charge in [-0.2, -0.15) is 0 Å². The van der Waals surface area contributed by atoms with Crippen LogP contribution < -0.4 is 5.32 Å².